The molecule has 1 aliphatic heterocycles. The van der Waals surface area contributed by atoms with E-state index in [1.165, 1.54) is 0 Å². The molecule has 0 radical (unpaired) electrons. The van der Waals surface area contributed by atoms with Gasteiger partial charge in [0, 0.05) is 19.0 Å². The molecule has 2 atom stereocenters. The predicted molar refractivity (Wildman–Crippen MR) is 52.9 cm³/mol. The summed E-state index contributed by atoms with van der Waals surface area (Å²) in [5.74, 6) is 0.975. The van der Waals surface area contributed by atoms with Crippen molar-refractivity contribution in [3.63, 3.8) is 0 Å². The highest BCUT2D eigenvalue weighted by Crippen LogP contribution is 2.16. The molecule has 1 fully saturated rings. The molecule has 0 saturated carbocycles. The van der Waals surface area contributed by atoms with Gasteiger partial charge in [-0.05, 0) is 19.1 Å². The van der Waals surface area contributed by atoms with Crippen LogP contribution in [0.4, 0.5) is 0 Å². The molecule has 2 rings (SSSR count). The minimum atomic E-state index is 0.345. The van der Waals surface area contributed by atoms with Crippen molar-refractivity contribution in [3.05, 3.63) is 30.3 Å². The smallest absolute Gasteiger partial charge is 0.119 e. The van der Waals surface area contributed by atoms with E-state index in [4.69, 9.17) is 4.74 Å². The highest BCUT2D eigenvalue weighted by atomic mass is 16.5. The van der Waals surface area contributed by atoms with E-state index in [1.807, 2.05) is 30.3 Å². The zero-order valence-corrected chi connectivity index (χ0v) is 7.86. The molecule has 0 aromatic heterocycles. The van der Waals surface area contributed by atoms with E-state index in [-0.39, 0.29) is 0 Å². The van der Waals surface area contributed by atoms with E-state index >= 15 is 0 Å². The zero-order valence-electron chi connectivity index (χ0n) is 7.86. The molecule has 1 saturated heterocycles. The van der Waals surface area contributed by atoms with Gasteiger partial charge in [0.1, 0.15) is 11.9 Å². The summed E-state index contributed by atoms with van der Waals surface area (Å²) in [6.45, 7) is 3.16. The average molecular weight is 177 g/mol. The Morgan fingerprint density at radius 1 is 1.31 bits per heavy atom. The highest BCUT2D eigenvalue weighted by Gasteiger charge is 2.21. The first-order valence-electron chi connectivity index (χ1n) is 4.79. The normalized spacial score (nSPS) is 27.5. The first kappa shape index (κ1) is 8.57. The van der Waals surface area contributed by atoms with Crippen molar-refractivity contribution >= 4 is 0 Å². The van der Waals surface area contributed by atoms with E-state index in [9.17, 15) is 0 Å². The van der Waals surface area contributed by atoms with Crippen molar-refractivity contribution in [2.45, 2.75) is 25.5 Å². The molecule has 1 aliphatic rings. The van der Waals surface area contributed by atoms with Gasteiger partial charge in [-0.3, -0.25) is 0 Å². The van der Waals surface area contributed by atoms with Gasteiger partial charge < -0.3 is 10.1 Å². The van der Waals surface area contributed by atoms with Crippen LogP contribution in [0.5, 0.6) is 5.75 Å². The van der Waals surface area contributed by atoms with Crippen LogP contribution >= 0.6 is 0 Å². The Labute approximate surface area is 78.9 Å². The number of benzene rings is 1. The van der Waals surface area contributed by atoms with E-state index in [0.717, 1.165) is 18.7 Å². The molecule has 2 nitrogen and oxygen atoms in total. The summed E-state index contributed by atoms with van der Waals surface area (Å²) in [7, 11) is 0. The summed E-state index contributed by atoms with van der Waals surface area (Å²) in [6.07, 6.45) is 1.45. The van der Waals surface area contributed by atoms with Gasteiger partial charge in [0.15, 0.2) is 0 Å². The number of hydrogen-bond acceptors (Lipinski definition) is 2. The second-order valence-corrected chi connectivity index (χ2v) is 3.60. The van der Waals surface area contributed by atoms with Crippen LogP contribution in [0.2, 0.25) is 0 Å². The molecule has 1 aromatic carbocycles. The van der Waals surface area contributed by atoms with Gasteiger partial charge in [0.05, 0.1) is 0 Å². The maximum atomic E-state index is 5.78. The lowest BCUT2D eigenvalue weighted by Crippen LogP contribution is -2.20. The molecule has 0 amide bonds. The standard InChI is InChI=1S/C11H15NO/c1-9-7-11(8-12-9)13-10-5-3-2-4-6-10/h2-6,9,11-12H,7-8H2,1H3/t9-,11+/m1/s1. The third-order valence-corrected chi connectivity index (χ3v) is 2.36. The topological polar surface area (TPSA) is 21.3 Å². The van der Waals surface area contributed by atoms with E-state index in [1.54, 1.807) is 0 Å². The molecule has 1 heterocycles. The van der Waals surface area contributed by atoms with Gasteiger partial charge in [0.2, 0.25) is 0 Å². The van der Waals surface area contributed by atoms with Crippen LogP contribution in [0, 0.1) is 0 Å². The molecule has 0 unspecified atom stereocenters. The summed E-state index contributed by atoms with van der Waals surface area (Å²) in [6, 6.07) is 10.6. The lowest BCUT2D eigenvalue weighted by Gasteiger charge is -2.11. The Balaban J connectivity index is 1.92. The molecule has 70 valence electrons. The van der Waals surface area contributed by atoms with Crippen LogP contribution in [-0.2, 0) is 0 Å². The van der Waals surface area contributed by atoms with Crippen LogP contribution in [0.1, 0.15) is 13.3 Å². The monoisotopic (exact) mass is 177 g/mol. The number of nitrogens with one attached hydrogen (secondary N) is 1. The van der Waals surface area contributed by atoms with Gasteiger partial charge in [-0.1, -0.05) is 18.2 Å². The van der Waals surface area contributed by atoms with Gasteiger partial charge >= 0.3 is 0 Å². The fourth-order valence-electron chi connectivity index (χ4n) is 1.67. The van der Waals surface area contributed by atoms with Crippen LogP contribution in [0.3, 0.4) is 0 Å². The minimum Gasteiger partial charge on any atom is -0.489 e. The fraction of sp³-hybridized carbons (Fsp3) is 0.455. The zero-order chi connectivity index (χ0) is 9.10. The van der Waals surface area contributed by atoms with Crippen LogP contribution in [0.25, 0.3) is 0 Å². The molecule has 0 aliphatic carbocycles. The number of hydrogen-bond donors (Lipinski definition) is 1. The predicted octanol–water partition coefficient (Wildman–Crippen LogP) is 1.82. The van der Waals surface area contributed by atoms with Crippen molar-refractivity contribution in [2.24, 2.45) is 0 Å². The average Bonchev–Trinajstić information content (AvgIpc) is 2.53. The van der Waals surface area contributed by atoms with Gasteiger partial charge in [-0.25, -0.2) is 0 Å². The molecule has 0 bridgehead atoms. The molecule has 1 aromatic rings. The summed E-state index contributed by atoms with van der Waals surface area (Å²) < 4.78 is 5.78. The van der Waals surface area contributed by atoms with Gasteiger partial charge in [-0.15, -0.1) is 0 Å². The molecule has 1 N–H and O–H groups in total. The van der Waals surface area contributed by atoms with Crippen LogP contribution in [-0.4, -0.2) is 18.7 Å². The fourth-order valence-corrected chi connectivity index (χ4v) is 1.67. The summed E-state index contributed by atoms with van der Waals surface area (Å²) in [5.41, 5.74) is 0. The first-order valence-corrected chi connectivity index (χ1v) is 4.79. The Morgan fingerprint density at radius 2 is 2.08 bits per heavy atom. The first-order chi connectivity index (χ1) is 6.34. The second-order valence-electron chi connectivity index (χ2n) is 3.60. The van der Waals surface area contributed by atoms with Crippen LogP contribution < -0.4 is 10.1 Å². The van der Waals surface area contributed by atoms with Gasteiger partial charge in [-0.2, -0.15) is 0 Å². The molecular weight excluding hydrogens is 162 g/mol. The summed E-state index contributed by atoms with van der Waals surface area (Å²) in [4.78, 5) is 0. The Morgan fingerprint density at radius 3 is 2.69 bits per heavy atom. The lowest BCUT2D eigenvalue weighted by atomic mass is 10.2. The van der Waals surface area contributed by atoms with Crippen LogP contribution in [0.15, 0.2) is 30.3 Å². The van der Waals surface area contributed by atoms with Gasteiger partial charge in [0.25, 0.3) is 0 Å². The SMILES string of the molecule is C[C@@H]1C[C@H](Oc2ccccc2)CN1. The van der Waals surface area contributed by atoms with Crippen molar-refractivity contribution in [1.82, 2.24) is 5.32 Å². The van der Waals surface area contributed by atoms with E-state index in [2.05, 4.69) is 12.2 Å². The van der Waals surface area contributed by atoms with E-state index < -0.39 is 0 Å². The third kappa shape index (κ3) is 2.22. The molecule has 0 spiro atoms. The number of ether oxygens (including phenoxy) is 1. The maximum Gasteiger partial charge on any atom is 0.119 e. The second kappa shape index (κ2) is 3.79. The summed E-state index contributed by atoms with van der Waals surface area (Å²) >= 11 is 0. The quantitative estimate of drug-likeness (QED) is 0.744. The van der Waals surface area contributed by atoms with Crippen molar-refractivity contribution in [1.29, 1.82) is 0 Å². The van der Waals surface area contributed by atoms with Crippen molar-refractivity contribution in [3.8, 4) is 5.75 Å². The minimum absolute atomic E-state index is 0.345. The third-order valence-electron chi connectivity index (χ3n) is 2.36. The number of rotatable bonds is 2. The Bertz CT molecular complexity index is 260. The highest BCUT2D eigenvalue weighted by molar-refractivity contribution is 5.21. The molecular formula is C11H15NO. The lowest BCUT2D eigenvalue weighted by molar-refractivity contribution is 0.220. The van der Waals surface area contributed by atoms with E-state index in [0.29, 0.717) is 12.1 Å². The Hall–Kier alpha value is -1.02. The van der Waals surface area contributed by atoms with Crippen molar-refractivity contribution in [2.75, 3.05) is 6.54 Å². The number of para-hydroxylation sites is 1. The Kier molecular flexibility index (Phi) is 2.50. The molecule has 2 heteroatoms. The molecule has 13 heavy (non-hydrogen) atoms. The largest absolute Gasteiger partial charge is 0.489 e. The van der Waals surface area contributed by atoms with Crippen molar-refractivity contribution < 1.29 is 4.74 Å². The summed E-state index contributed by atoms with van der Waals surface area (Å²) in [5, 5.41) is 3.36. The maximum absolute atomic E-state index is 5.78.